The van der Waals surface area contributed by atoms with Gasteiger partial charge in [0.1, 0.15) is 0 Å². The van der Waals surface area contributed by atoms with Crippen molar-refractivity contribution in [2.24, 2.45) is 5.41 Å². The van der Waals surface area contributed by atoms with Gasteiger partial charge in [0.05, 0.1) is 18.1 Å². The van der Waals surface area contributed by atoms with Crippen LogP contribution < -0.4 is 5.32 Å². The van der Waals surface area contributed by atoms with Gasteiger partial charge in [-0.1, -0.05) is 31.5 Å². The van der Waals surface area contributed by atoms with Crippen molar-refractivity contribution < 1.29 is 14.6 Å². The molecule has 0 bridgehead atoms. The normalized spacial score (nSPS) is 24.2. The molecule has 1 aromatic carbocycles. The number of methoxy groups -OCH3 is 1. The van der Waals surface area contributed by atoms with Crippen LogP contribution >= 0.6 is 11.3 Å². The fourth-order valence-electron chi connectivity index (χ4n) is 3.46. The van der Waals surface area contributed by atoms with Crippen molar-refractivity contribution in [1.29, 1.82) is 0 Å². The molecule has 23 heavy (non-hydrogen) atoms. The van der Waals surface area contributed by atoms with Gasteiger partial charge >= 0.3 is 0 Å². The maximum absolute atomic E-state index is 12.8. The molecule has 3 rings (SSSR count). The minimum atomic E-state index is -0.215. The molecule has 0 saturated heterocycles. The van der Waals surface area contributed by atoms with Crippen molar-refractivity contribution in [2.75, 3.05) is 13.7 Å². The first-order valence-electron chi connectivity index (χ1n) is 8.00. The molecule has 1 aliphatic rings. The molecule has 2 unspecified atom stereocenters. The van der Waals surface area contributed by atoms with Crippen LogP contribution in [0.15, 0.2) is 24.3 Å². The van der Waals surface area contributed by atoms with Gasteiger partial charge in [0.15, 0.2) is 0 Å². The second-order valence-corrected chi connectivity index (χ2v) is 7.62. The molecule has 2 N–H and O–H groups in total. The molecular formula is C18H23NO3S. The molecule has 1 aromatic heterocycles. The lowest BCUT2D eigenvalue weighted by molar-refractivity contribution is 0.0831. The average molecular weight is 333 g/mol. The van der Waals surface area contributed by atoms with Crippen molar-refractivity contribution in [1.82, 2.24) is 5.32 Å². The standard InChI is InChI=1S/C18H23NO3S/c1-18(11-20)9-5-8-15(18)19-17(21)16-13(10-22-2)12-6-3-4-7-14(12)23-16/h3-4,6-7,15,20H,5,8-11H2,1-2H3,(H,19,21). The summed E-state index contributed by atoms with van der Waals surface area (Å²) >= 11 is 1.51. The molecule has 0 radical (unpaired) electrons. The van der Waals surface area contributed by atoms with E-state index < -0.39 is 0 Å². The number of fused-ring (bicyclic) bond motifs is 1. The number of carbonyl (C=O) groups is 1. The van der Waals surface area contributed by atoms with Crippen molar-refractivity contribution in [2.45, 2.75) is 38.8 Å². The summed E-state index contributed by atoms with van der Waals surface area (Å²) < 4.78 is 6.40. The third kappa shape index (κ3) is 3.01. The molecule has 2 atom stereocenters. The monoisotopic (exact) mass is 333 g/mol. The Morgan fingerprint density at radius 2 is 2.26 bits per heavy atom. The smallest absolute Gasteiger partial charge is 0.262 e. The Hall–Kier alpha value is -1.43. The van der Waals surface area contributed by atoms with Crippen LogP contribution in [0.1, 0.15) is 41.4 Å². The summed E-state index contributed by atoms with van der Waals surface area (Å²) in [6, 6.07) is 8.06. The van der Waals surface area contributed by atoms with Gasteiger partial charge in [-0.15, -0.1) is 11.3 Å². The van der Waals surface area contributed by atoms with Gasteiger partial charge in [0.2, 0.25) is 0 Å². The minimum absolute atomic E-state index is 0.0283. The molecule has 5 heteroatoms. The Morgan fingerprint density at radius 1 is 1.48 bits per heavy atom. The summed E-state index contributed by atoms with van der Waals surface area (Å²) in [7, 11) is 1.65. The van der Waals surface area contributed by atoms with Gasteiger partial charge in [-0.05, 0) is 24.3 Å². The SMILES string of the molecule is COCc1c(C(=O)NC2CCCC2(C)CO)sc2ccccc12. The molecule has 0 aliphatic heterocycles. The summed E-state index contributed by atoms with van der Waals surface area (Å²) in [6.45, 7) is 2.58. The van der Waals surface area contributed by atoms with Crippen LogP contribution in [0.5, 0.6) is 0 Å². The van der Waals surface area contributed by atoms with Gasteiger partial charge in [-0.3, -0.25) is 4.79 Å². The number of ether oxygens (including phenoxy) is 1. The Kier molecular flexibility index (Phi) is 4.71. The second kappa shape index (κ2) is 6.59. The molecule has 1 aliphatic carbocycles. The van der Waals surface area contributed by atoms with Gasteiger partial charge in [0.25, 0.3) is 5.91 Å². The maximum atomic E-state index is 12.8. The number of benzene rings is 1. The van der Waals surface area contributed by atoms with Gasteiger partial charge in [-0.2, -0.15) is 0 Å². The van der Waals surface area contributed by atoms with Crippen molar-refractivity contribution in [3.63, 3.8) is 0 Å². The van der Waals surface area contributed by atoms with Crippen molar-refractivity contribution >= 4 is 27.3 Å². The van der Waals surface area contributed by atoms with Crippen LogP contribution in [-0.4, -0.2) is 30.8 Å². The molecule has 0 spiro atoms. The Bertz CT molecular complexity index is 711. The van der Waals surface area contributed by atoms with Crippen LogP contribution in [0.25, 0.3) is 10.1 Å². The number of aliphatic hydroxyl groups excluding tert-OH is 1. The van der Waals surface area contributed by atoms with Crippen molar-refractivity contribution in [3.05, 3.63) is 34.7 Å². The number of amides is 1. The maximum Gasteiger partial charge on any atom is 0.262 e. The molecular weight excluding hydrogens is 310 g/mol. The highest BCUT2D eigenvalue weighted by atomic mass is 32.1. The highest BCUT2D eigenvalue weighted by molar-refractivity contribution is 7.21. The number of hydrogen-bond acceptors (Lipinski definition) is 4. The number of thiophene rings is 1. The van der Waals surface area contributed by atoms with Crippen LogP contribution in [0.2, 0.25) is 0 Å². The molecule has 2 aromatic rings. The van der Waals surface area contributed by atoms with E-state index in [9.17, 15) is 9.90 Å². The number of nitrogens with one attached hydrogen (secondary N) is 1. The number of aliphatic hydroxyl groups is 1. The summed E-state index contributed by atoms with van der Waals surface area (Å²) in [5.74, 6) is -0.0511. The number of rotatable bonds is 5. The van der Waals surface area contributed by atoms with Crippen LogP contribution in [-0.2, 0) is 11.3 Å². The first-order valence-corrected chi connectivity index (χ1v) is 8.82. The average Bonchev–Trinajstić information content (AvgIpc) is 3.10. The van der Waals surface area contributed by atoms with Crippen LogP contribution in [0, 0.1) is 5.41 Å². The Balaban J connectivity index is 1.90. The lowest BCUT2D eigenvalue weighted by atomic mass is 9.86. The number of carbonyl (C=O) groups excluding carboxylic acids is 1. The summed E-state index contributed by atoms with van der Waals surface area (Å²) in [6.07, 6.45) is 2.92. The molecule has 124 valence electrons. The van der Waals surface area contributed by atoms with E-state index in [1.165, 1.54) is 11.3 Å². The van der Waals surface area contributed by atoms with E-state index in [2.05, 4.69) is 5.32 Å². The molecule has 1 heterocycles. The topological polar surface area (TPSA) is 58.6 Å². The first-order chi connectivity index (χ1) is 11.1. The van der Waals surface area contributed by atoms with Gasteiger partial charge < -0.3 is 15.2 Å². The summed E-state index contributed by atoms with van der Waals surface area (Å²) in [5, 5.41) is 13.9. The largest absolute Gasteiger partial charge is 0.396 e. The van der Waals surface area contributed by atoms with Crippen LogP contribution in [0.4, 0.5) is 0 Å². The molecule has 4 nitrogen and oxygen atoms in total. The van der Waals surface area contributed by atoms with E-state index in [0.717, 1.165) is 39.8 Å². The quantitative estimate of drug-likeness (QED) is 0.882. The fraction of sp³-hybridized carbons (Fsp3) is 0.500. The lowest BCUT2D eigenvalue weighted by Crippen LogP contribution is -2.44. The second-order valence-electron chi connectivity index (χ2n) is 6.57. The fourth-order valence-corrected chi connectivity index (χ4v) is 4.57. The molecule has 1 fully saturated rings. The highest BCUT2D eigenvalue weighted by Crippen LogP contribution is 2.38. The van der Waals surface area contributed by atoms with Crippen molar-refractivity contribution in [3.8, 4) is 0 Å². The predicted molar refractivity (Wildman–Crippen MR) is 92.8 cm³/mol. The van der Waals surface area contributed by atoms with E-state index in [0.29, 0.717) is 6.61 Å². The Labute approximate surface area is 140 Å². The number of hydrogen-bond donors (Lipinski definition) is 2. The summed E-state index contributed by atoms with van der Waals surface area (Å²) in [4.78, 5) is 13.6. The minimum Gasteiger partial charge on any atom is -0.396 e. The zero-order valence-electron chi connectivity index (χ0n) is 13.6. The third-order valence-corrected chi connectivity index (χ3v) is 6.15. The summed E-state index contributed by atoms with van der Waals surface area (Å²) in [5.41, 5.74) is 0.739. The highest BCUT2D eigenvalue weighted by Gasteiger charge is 2.39. The predicted octanol–water partition coefficient (Wildman–Crippen LogP) is 3.33. The van der Waals surface area contributed by atoms with E-state index >= 15 is 0 Å². The molecule has 1 saturated carbocycles. The Morgan fingerprint density at radius 3 is 3.00 bits per heavy atom. The van der Waals surface area contributed by atoms with Gasteiger partial charge in [-0.25, -0.2) is 0 Å². The van der Waals surface area contributed by atoms with E-state index in [-0.39, 0.29) is 24.0 Å². The van der Waals surface area contributed by atoms with Gasteiger partial charge in [0, 0.05) is 28.8 Å². The zero-order valence-corrected chi connectivity index (χ0v) is 14.4. The van der Waals surface area contributed by atoms with Crippen LogP contribution in [0.3, 0.4) is 0 Å². The third-order valence-electron chi connectivity index (χ3n) is 4.94. The van der Waals surface area contributed by atoms with E-state index in [1.807, 2.05) is 31.2 Å². The first kappa shape index (κ1) is 16.4. The lowest BCUT2D eigenvalue weighted by Gasteiger charge is -2.30. The molecule has 1 amide bonds. The van der Waals surface area contributed by atoms with E-state index in [4.69, 9.17) is 4.74 Å². The zero-order chi connectivity index (χ0) is 16.4. The van der Waals surface area contributed by atoms with E-state index in [1.54, 1.807) is 7.11 Å².